The number of rotatable bonds is 3. The summed E-state index contributed by atoms with van der Waals surface area (Å²) in [6.45, 7) is 1.95. The highest BCUT2D eigenvalue weighted by Gasteiger charge is 2.30. The third-order valence-electron chi connectivity index (χ3n) is 3.37. The monoisotopic (exact) mass is 283 g/mol. The van der Waals surface area contributed by atoms with Crippen molar-refractivity contribution in [2.45, 2.75) is 25.4 Å². The average molecular weight is 283 g/mol. The molecule has 104 valence electrons. The third kappa shape index (κ3) is 3.70. The van der Waals surface area contributed by atoms with Crippen LogP contribution in [0.2, 0.25) is 0 Å². The molecule has 0 aromatic heterocycles. The van der Waals surface area contributed by atoms with Gasteiger partial charge in [-0.3, -0.25) is 4.79 Å². The number of aliphatic hydroxyl groups is 1. The van der Waals surface area contributed by atoms with Crippen LogP contribution in [0.4, 0.5) is 4.39 Å². The molecule has 1 amide bonds. The Hall–Kier alpha value is -1.07. The maximum Gasteiger partial charge on any atom is 0.254 e. The predicted molar refractivity (Wildman–Crippen MR) is 75.0 cm³/mol. The van der Waals surface area contributed by atoms with Gasteiger partial charge in [0.05, 0.1) is 11.2 Å². The number of carbonyl (C=O) groups excluding carboxylic acids is 1. The lowest BCUT2D eigenvalue weighted by atomic mass is 9.96. The molecule has 0 bridgehead atoms. The maximum absolute atomic E-state index is 13.6. The van der Waals surface area contributed by atoms with Crippen molar-refractivity contribution in [1.29, 1.82) is 0 Å². The lowest BCUT2D eigenvalue weighted by molar-refractivity contribution is 0.0310. The number of aryl methyl sites for hydroxylation is 1. The van der Waals surface area contributed by atoms with Gasteiger partial charge in [0.15, 0.2) is 0 Å². The number of nitrogens with one attached hydrogen (secondary N) is 1. The van der Waals surface area contributed by atoms with Crippen molar-refractivity contribution >= 4 is 17.7 Å². The standard InChI is InChI=1S/C14H18FNO2S/c1-10-2-3-11(12(15)8-10)13(17)16-9-14(18)4-6-19-7-5-14/h2-3,8,18H,4-7,9H2,1H3,(H,16,17). The first-order valence-corrected chi connectivity index (χ1v) is 7.50. The summed E-state index contributed by atoms with van der Waals surface area (Å²) in [4.78, 5) is 11.9. The summed E-state index contributed by atoms with van der Waals surface area (Å²) in [6.07, 6.45) is 1.32. The molecule has 1 aromatic rings. The van der Waals surface area contributed by atoms with Crippen molar-refractivity contribution < 1.29 is 14.3 Å². The van der Waals surface area contributed by atoms with Gasteiger partial charge in [0.1, 0.15) is 5.82 Å². The normalized spacial score (nSPS) is 18.1. The van der Waals surface area contributed by atoms with E-state index in [4.69, 9.17) is 0 Å². The van der Waals surface area contributed by atoms with Crippen LogP contribution in [0.25, 0.3) is 0 Å². The molecule has 1 fully saturated rings. The van der Waals surface area contributed by atoms with Crippen molar-refractivity contribution in [1.82, 2.24) is 5.32 Å². The number of benzene rings is 1. The Morgan fingerprint density at radius 1 is 1.47 bits per heavy atom. The van der Waals surface area contributed by atoms with Crippen molar-refractivity contribution in [2.75, 3.05) is 18.1 Å². The Morgan fingerprint density at radius 3 is 2.79 bits per heavy atom. The van der Waals surface area contributed by atoms with Crippen LogP contribution in [-0.2, 0) is 0 Å². The van der Waals surface area contributed by atoms with Gasteiger partial charge < -0.3 is 10.4 Å². The molecule has 0 saturated carbocycles. The molecule has 2 N–H and O–H groups in total. The molecule has 1 saturated heterocycles. The zero-order chi connectivity index (χ0) is 13.9. The van der Waals surface area contributed by atoms with Gasteiger partial charge >= 0.3 is 0 Å². The van der Waals surface area contributed by atoms with Crippen molar-refractivity contribution in [3.8, 4) is 0 Å². The Kier molecular flexibility index (Phi) is 4.47. The zero-order valence-electron chi connectivity index (χ0n) is 10.9. The number of hydrogen-bond acceptors (Lipinski definition) is 3. The summed E-state index contributed by atoms with van der Waals surface area (Å²) in [5, 5.41) is 12.9. The van der Waals surface area contributed by atoms with Gasteiger partial charge in [-0.15, -0.1) is 0 Å². The SMILES string of the molecule is Cc1ccc(C(=O)NCC2(O)CCSCC2)c(F)c1. The number of amides is 1. The Balaban J connectivity index is 1.97. The zero-order valence-corrected chi connectivity index (χ0v) is 11.7. The maximum atomic E-state index is 13.6. The number of hydrogen-bond donors (Lipinski definition) is 2. The summed E-state index contributed by atoms with van der Waals surface area (Å²) >= 11 is 1.80. The summed E-state index contributed by atoms with van der Waals surface area (Å²) < 4.78 is 13.6. The van der Waals surface area contributed by atoms with Gasteiger partial charge in [0, 0.05) is 6.54 Å². The summed E-state index contributed by atoms with van der Waals surface area (Å²) in [5.41, 5.74) is -0.0430. The molecule has 2 rings (SSSR count). The smallest absolute Gasteiger partial charge is 0.254 e. The Bertz CT molecular complexity index is 473. The third-order valence-corrected chi connectivity index (χ3v) is 4.36. The predicted octanol–water partition coefficient (Wildman–Crippen LogP) is 2.12. The highest BCUT2D eigenvalue weighted by molar-refractivity contribution is 7.99. The first-order chi connectivity index (χ1) is 9.00. The minimum atomic E-state index is -0.845. The van der Waals surface area contributed by atoms with E-state index in [-0.39, 0.29) is 12.1 Å². The molecule has 3 nitrogen and oxygen atoms in total. The number of halogens is 1. The van der Waals surface area contributed by atoms with Crippen LogP contribution in [0, 0.1) is 12.7 Å². The second-order valence-corrected chi connectivity index (χ2v) is 6.23. The fraction of sp³-hybridized carbons (Fsp3) is 0.500. The summed E-state index contributed by atoms with van der Waals surface area (Å²) in [6, 6.07) is 4.51. The van der Waals surface area contributed by atoms with E-state index < -0.39 is 17.3 Å². The van der Waals surface area contributed by atoms with Crippen molar-refractivity contribution in [3.63, 3.8) is 0 Å². The molecule has 1 heterocycles. The van der Waals surface area contributed by atoms with E-state index in [1.165, 1.54) is 12.1 Å². The van der Waals surface area contributed by atoms with Crippen LogP contribution in [-0.4, -0.2) is 34.7 Å². The minimum Gasteiger partial charge on any atom is -0.388 e. The number of thioether (sulfide) groups is 1. The van der Waals surface area contributed by atoms with E-state index in [9.17, 15) is 14.3 Å². The van der Waals surface area contributed by atoms with E-state index in [1.54, 1.807) is 24.8 Å². The first-order valence-electron chi connectivity index (χ1n) is 6.35. The molecule has 0 spiro atoms. The Labute approximate surface area is 116 Å². The van der Waals surface area contributed by atoms with Crippen LogP contribution in [0.3, 0.4) is 0 Å². The second-order valence-electron chi connectivity index (χ2n) is 5.00. The van der Waals surface area contributed by atoms with Gasteiger partial charge in [-0.1, -0.05) is 6.07 Å². The first kappa shape index (κ1) is 14.3. The largest absolute Gasteiger partial charge is 0.388 e. The van der Waals surface area contributed by atoms with Gasteiger partial charge in [0.2, 0.25) is 0 Å². The van der Waals surface area contributed by atoms with Crippen molar-refractivity contribution in [2.24, 2.45) is 0 Å². The molecular formula is C14H18FNO2S. The lowest BCUT2D eigenvalue weighted by Crippen LogP contribution is -2.45. The van der Waals surface area contributed by atoms with Gasteiger partial charge in [-0.05, 0) is 49.0 Å². The molecule has 0 unspecified atom stereocenters. The van der Waals surface area contributed by atoms with E-state index in [1.807, 2.05) is 0 Å². The second kappa shape index (κ2) is 5.92. The fourth-order valence-electron chi connectivity index (χ4n) is 2.07. The van der Waals surface area contributed by atoms with Gasteiger partial charge in [-0.25, -0.2) is 4.39 Å². The molecule has 0 aliphatic carbocycles. The molecule has 19 heavy (non-hydrogen) atoms. The summed E-state index contributed by atoms with van der Waals surface area (Å²) in [7, 11) is 0. The molecule has 1 aliphatic rings. The highest BCUT2D eigenvalue weighted by Crippen LogP contribution is 2.26. The van der Waals surface area contributed by atoms with Gasteiger partial charge in [-0.2, -0.15) is 11.8 Å². The molecule has 0 radical (unpaired) electrons. The lowest BCUT2D eigenvalue weighted by Gasteiger charge is -2.31. The quantitative estimate of drug-likeness (QED) is 0.893. The average Bonchev–Trinajstić information content (AvgIpc) is 2.37. The van der Waals surface area contributed by atoms with Crippen LogP contribution in [0.15, 0.2) is 18.2 Å². The highest BCUT2D eigenvalue weighted by atomic mass is 32.2. The molecular weight excluding hydrogens is 265 g/mol. The fourth-order valence-corrected chi connectivity index (χ4v) is 3.33. The minimum absolute atomic E-state index is 0.0272. The Morgan fingerprint density at radius 2 is 2.16 bits per heavy atom. The van der Waals surface area contributed by atoms with E-state index in [0.29, 0.717) is 12.8 Å². The van der Waals surface area contributed by atoms with Crippen LogP contribution >= 0.6 is 11.8 Å². The van der Waals surface area contributed by atoms with Gasteiger partial charge in [0.25, 0.3) is 5.91 Å². The summed E-state index contributed by atoms with van der Waals surface area (Å²) in [5.74, 6) is 0.795. The van der Waals surface area contributed by atoms with E-state index >= 15 is 0 Å². The molecule has 1 aliphatic heterocycles. The topological polar surface area (TPSA) is 49.3 Å². The van der Waals surface area contributed by atoms with Crippen molar-refractivity contribution in [3.05, 3.63) is 35.1 Å². The molecule has 0 atom stereocenters. The van der Waals surface area contributed by atoms with Crippen LogP contribution in [0.5, 0.6) is 0 Å². The number of carbonyl (C=O) groups is 1. The van der Waals surface area contributed by atoms with Crippen LogP contribution < -0.4 is 5.32 Å². The molecule has 5 heteroatoms. The van der Waals surface area contributed by atoms with E-state index in [2.05, 4.69) is 5.32 Å². The van der Waals surface area contributed by atoms with E-state index in [0.717, 1.165) is 17.1 Å². The molecule has 1 aromatic carbocycles. The van der Waals surface area contributed by atoms with Crippen LogP contribution in [0.1, 0.15) is 28.8 Å².